The molecule has 182 valence electrons. The number of amides is 2. The number of hydrogen-bond donors (Lipinski definition) is 0. The van der Waals surface area contributed by atoms with Gasteiger partial charge in [-0.2, -0.15) is 0 Å². The molecule has 2 amide bonds. The third-order valence-electron chi connectivity index (χ3n) is 6.50. The van der Waals surface area contributed by atoms with E-state index in [-0.39, 0.29) is 30.5 Å². The molecule has 0 bridgehead atoms. The Morgan fingerprint density at radius 1 is 0.971 bits per heavy atom. The van der Waals surface area contributed by atoms with Crippen LogP contribution in [0.1, 0.15) is 27.4 Å². The molecular formula is C28H29FN2O4. The number of carbonyl (C=O) groups excluding carboxylic acids is 2. The fourth-order valence-corrected chi connectivity index (χ4v) is 4.69. The van der Waals surface area contributed by atoms with E-state index in [4.69, 9.17) is 9.47 Å². The molecule has 3 aromatic rings. The number of carbonyl (C=O) groups is 2. The fourth-order valence-electron chi connectivity index (χ4n) is 4.69. The number of hydrogen-bond acceptors (Lipinski definition) is 4. The molecule has 1 heterocycles. The predicted molar refractivity (Wildman–Crippen MR) is 131 cm³/mol. The van der Waals surface area contributed by atoms with E-state index >= 15 is 0 Å². The van der Waals surface area contributed by atoms with Gasteiger partial charge in [0.2, 0.25) is 5.91 Å². The maximum atomic E-state index is 14.4. The van der Waals surface area contributed by atoms with Crippen molar-refractivity contribution in [1.29, 1.82) is 0 Å². The highest BCUT2D eigenvalue weighted by Gasteiger charge is 2.43. The van der Waals surface area contributed by atoms with E-state index < -0.39 is 17.6 Å². The van der Waals surface area contributed by atoms with E-state index in [1.807, 2.05) is 36.4 Å². The average Bonchev–Trinajstić information content (AvgIpc) is 3.33. The topological polar surface area (TPSA) is 59.1 Å². The van der Waals surface area contributed by atoms with Crippen LogP contribution in [0.3, 0.4) is 0 Å². The number of methoxy groups -OCH3 is 2. The molecule has 3 aromatic carbocycles. The van der Waals surface area contributed by atoms with E-state index in [2.05, 4.69) is 0 Å². The standard InChI is InChI=1S/C28H29FN2O4/c1-30(16-19-9-5-4-6-10-19)27(32)24-18-31(28(33)21-11-7-8-12-25(21)29)17-23(24)22-15-20(34-2)13-14-26(22)35-3/h4-15,23-24H,16-18H2,1-3H3/t23-,24+/m1/s1. The molecule has 4 rings (SSSR count). The van der Waals surface area contributed by atoms with Crippen molar-refractivity contribution in [2.45, 2.75) is 12.5 Å². The summed E-state index contributed by atoms with van der Waals surface area (Å²) < 4.78 is 25.4. The lowest BCUT2D eigenvalue weighted by atomic mass is 9.87. The Morgan fingerprint density at radius 2 is 1.69 bits per heavy atom. The van der Waals surface area contributed by atoms with Crippen molar-refractivity contribution in [3.8, 4) is 11.5 Å². The Hall–Kier alpha value is -3.87. The summed E-state index contributed by atoms with van der Waals surface area (Å²) in [6.07, 6.45) is 0. The Kier molecular flexibility index (Phi) is 7.34. The van der Waals surface area contributed by atoms with Crippen LogP contribution in [0.15, 0.2) is 72.8 Å². The molecule has 35 heavy (non-hydrogen) atoms. The summed E-state index contributed by atoms with van der Waals surface area (Å²) >= 11 is 0. The first kappa shape index (κ1) is 24.3. The quantitative estimate of drug-likeness (QED) is 0.509. The Bertz CT molecular complexity index is 1200. The lowest BCUT2D eigenvalue weighted by Crippen LogP contribution is -2.36. The van der Waals surface area contributed by atoms with Crippen LogP contribution >= 0.6 is 0 Å². The Labute approximate surface area is 204 Å². The minimum absolute atomic E-state index is 0.00500. The van der Waals surface area contributed by atoms with Crippen molar-refractivity contribution in [2.24, 2.45) is 5.92 Å². The smallest absolute Gasteiger partial charge is 0.256 e. The molecule has 6 nitrogen and oxygen atoms in total. The highest BCUT2D eigenvalue weighted by Crippen LogP contribution is 2.40. The first-order valence-corrected chi connectivity index (χ1v) is 11.5. The van der Waals surface area contributed by atoms with E-state index in [0.29, 0.717) is 18.0 Å². The highest BCUT2D eigenvalue weighted by atomic mass is 19.1. The van der Waals surface area contributed by atoms with Gasteiger partial charge in [-0.3, -0.25) is 9.59 Å². The molecule has 2 atom stereocenters. The van der Waals surface area contributed by atoms with E-state index in [0.717, 1.165) is 11.1 Å². The van der Waals surface area contributed by atoms with Crippen LogP contribution in [0.25, 0.3) is 0 Å². The van der Waals surface area contributed by atoms with Gasteiger partial charge in [0.1, 0.15) is 17.3 Å². The summed E-state index contributed by atoms with van der Waals surface area (Å²) in [5, 5.41) is 0. The van der Waals surface area contributed by atoms with Gasteiger partial charge in [0.05, 0.1) is 25.7 Å². The number of likely N-dealkylation sites (tertiary alicyclic amines) is 1. The van der Waals surface area contributed by atoms with Gasteiger partial charge in [-0.1, -0.05) is 42.5 Å². The van der Waals surface area contributed by atoms with E-state index in [9.17, 15) is 14.0 Å². The summed E-state index contributed by atoms with van der Waals surface area (Å²) in [7, 11) is 4.90. The molecule has 0 aromatic heterocycles. The number of halogens is 1. The minimum atomic E-state index is -0.580. The van der Waals surface area contributed by atoms with E-state index in [1.165, 1.54) is 12.1 Å². The molecule has 1 fully saturated rings. The maximum Gasteiger partial charge on any atom is 0.256 e. The van der Waals surface area contributed by atoms with Crippen LogP contribution < -0.4 is 9.47 Å². The first-order chi connectivity index (χ1) is 16.9. The fraction of sp³-hybridized carbons (Fsp3) is 0.286. The summed E-state index contributed by atoms with van der Waals surface area (Å²) in [6.45, 7) is 0.877. The van der Waals surface area contributed by atoms with Crippen molar-refractivity contribution in [3.63, 3.8) is 0 Å². The number of ether oxygens (including phenoxy) is 2. The molecule has 1 aliphatic rings. The van der Waals surface area contributed by atoms with Gasteiger partial charge >= 0.3 is 0 Å². The second-order valence-corrected chi connectivity index (χ2v) is 8.69. The van der Waals surface area contributed by atoms with Crippen molar-refractivity contribution in [2.75, 3.05) is 34.4 Å². The number of nitrogens with zero attached hydrogens (tertiary/aromatic N) is 2. The molecule has 0 radical (unpaired) electrons. The van der Waals surface area contributed by atoms with Gasteiger partial charge in [-0.15, -0.1) is 0 Å². The van der Waals surface area contributed by atoms with Crippen LogP contribution in [-0.4, -0.2) is 56.0 Å². The zero-order chi connectivity index (χ0) is 24.9. The van der Waals surface area contributed by atoms with Crippen LogP contribution in [0, 0.1) is 11.7 Å². The first-order valence-electron chi connectivity index (χ1n) is 11.5. The molecule has 0 saturated carbocycles. The third-order valence-corrected chi connectivity index (χ3v) is 6.50. The molecule has 0 unspecified atom stereocenters. The van der Waals surface area contributed by atoms with Gasteiger partial charge < -0.3 is 19.3 Å². The van der Waals surface area contributed by atoms with Crippen LogP contribution in [-0.2, 0) is 11.3 Å². The molecule has 1 saturated heterocycles. The number of rotatable bonds is 7. The summed E-state index contributed by atoms with van der Waals surface area (Å²) in [5.74, 6) is -0.738. The van der Waals surface area contributed by atoms with Crippen LogP contribution in [0.2, 0.25) is 0 Å². The largest absolute Gasteiger partial charge is 0.497 e. The van der Waals surface area contributed by atoms with Gasteiger partial charge in [0, 0.05) is 38.2 Å². The Balaban J connectivity index is 1.68. The van der Waals surface area contributed by atoms with Crippen LogP contribution in [0.5, 0.6) is 11.5 Å². The zero-order valence-corrected chi connectivity index (χ0v) is 20.1. The Morgan fingerprint density at radius 3 is 2.37 bits per heavy atom. The molecule has 0 aliphatic carbocycles. The molecule has 1 aliphatic heterocycles. The van der Waals surface area contributed by atoms with Gasteiger partial charge in [-0.25, -0.2) is 4.39 Å². The second kappa shape index (κ2) is 10.6. The molecule has 7 heteroatoms. The maximum absolute atomic E-state index is 14.4. The van der Waals surface area contributed by atoms with Crippen molar-refractivity contribution >= 4 is 11.8 Å². The van der Waals surface area contributed by atoms with Crippen molar-refractivity contribution in [1.82, 2.24) is 9.80 Å². The molecule has 0 spiro atoms. The highest BCUT2D eigenvalue weighted by molar-refractivity contribution is 5.95. The van der Waals surface area contributed by atoms with Crippen molar-refractivity contribution < 1.29 is 23.5 Å². The summed E-state index contributed by atoms with van der Waals surface area (Å²) in [4.78, 5) is 30.2. The van der Waals surface area contributed by atoms with Gasteiger partial charge in [0.15, 0.2) is 0 Å². The summed E-state index contributed by atoms with van der Waals surface area (Å²) in [5.41, 5.74) is 1.79. The average molecular weight is 477 g/mol. The molecular weight excluding hydrogens is 447 g/mol. The van der Waals surface area contributed by atoms with Crippen molar-refractivity contribution in [3.05, 3.63) is 95.3 Å². The zero-order valence-electron chi connectivity index (χ0n) is 20.1. The molecule has 0 N–H and O–H groups in total. The SMILES string of the molecule is COc1ccc(OC)c([C@H]2CN(C(=O)c3ccccc3F)C[C@@H]2C(=O)N(C)Cc2ccccc2)c1. The third kappa shape index (κ3) is 5.14. The van der Waals surface area contributed by atoms with Gasteiger partial charge in [-0.05, 0) is 35.9 Å². The lowest BCUT2D eigenvalue weighted by Gasteiger charge is -2.25. The number of benzene rings is 3. The minimum Gasteiger partial charge on any atom is -0.497 e. The second-order valence-electron chi connectivity index (χ2n) is 8.69. The van der Waals surface area contributed by atoms with Crippen LogP contribution in [0.4, 0.5) is 4.39 Å². The van der Waals surface area contributed by atoms with Gasteiger partial charge in [0.25, 0.3) is 5.91 Å². The predicted octanol–water partition coefficient (Wildman–Crippen LogP) is 4.36. The monoisotopic (exact) mass is 476 g/mol. The normalized spacial score (nSPS) is 17.2. The lowest BCUT2D eigenvalue weighted by molar-refractivity contribution is -0.134. The summed E-state index contributed by atoms with van der Waals surface area (Å²) in [6, 6.07) is 21.1. The van der Waals surface area contributed by atoms with E-state index in [1.54, 1.807) is 55.3 Å².